The average Bonchev–Trinajstić information content (AvgIpc) is 2.57. The van der Waals surface area contributed by atoms with Crippen LogP contribution >= 0.6 is 0 Å². The minimum absolute atomic E-state index is 0.0104. The zero-order valence-corrected chi connectivity index (χ0v) is 13.4. The van der Waals surface area contributed by atoms with Crippen LogP contribution in [0.2, 0.25) is 0 Å². The normalized spacial score (nSPS) is 26.3. The zero-order valence-electron chi connectivity index (χ0n) is 13.4. The number of pyridine rings is 1. The molecule has 1 aliphatic carbocycles. The smallest absolute Gasteiger partial charge is 0.221 e. The van der Waals surface area contributed by atoms with Crippen LogP contribution in [0.5, 0.6) is 0 Å². The van der Waals surface area contributed by atoms with Gasteiger partial charge >= 0.3 is 0 Å². The number of amides is 1. The molecule has 1 amide bonds. The summed E-state index contributed by atoms with van der Waals surface area (Å²) in [5, 5.41) is 14.5. The summed E-state index contributed by atoms with van der Waals surface area (Å²) in [5.74, 6) is 0.270. The summed E-state index contributed by atoms with van der Waals surface area (Å²) in [5.41, 5.74) is 0.868. The third-order valence-electron chi connectivity index (χ3n) is 4.61. The predicted molar refractivity (Wildman–Crippen MR) is 85.2 cm³/mol. The van der Waals surface area contributed by atoms with E-state index in [2.05, 4.69) is 10.3 Å². The lowest BCUT2D eigenvalue weighted by Crippen LogP contribution is -2.42. The van der Waals surface area contributed by atoms with Crippen molar-refractivity contribution < 1.29 is 14.7 Å². The Bertz CT molecular complexity index is 499. The number of rotatable bonds is 6. The summed E-state index contributed by atoms with van der Waals surface area (Å²) in [6.07, 6.45) is 5.56. The van der Waals surface area contributed by atoms with Gasteiger partial charge in [-0.15, -0.1) is 0 Å². The highest BCUT2D eigenvalue weighted by Gasteiger charge is 2.36. The van der Waals surface area contributed by atoms with Gasteiger partial charge in [-0.05, 0) is 43.7 Å². The summed E-state index contributed by atoms with van der Waals surface area (Å²) in [7, 11) is 0. The monoisotopic (exact) mass is 319 g/mol. The molecule has 6 nitrogen and oxygen atoms in total. The molecule has 2 fully saturated rings. The van der Waals surface area contributed by atoms with Crippen molar-refractivity contribution in [2.45, 2.75) is 44.2 Å². The second-order valence-electron chi connectivity index (χ2n) is 6.40. The molecule has 0 bridgehead atoms. The van der Waals surface area contributed by atoms with E-state index in [1.54, 1.807) is 6.20 Å². The molecule has 2 N–H and O–H groups in total. The molecule has 0 spiro atoms. The predicted octanol–water partition coefficient (Wildman–Crippen LogP) is 1.43. The molecule has 1 aromatic rings. The van der Waals surface area contributed by atoms with E-state index in [1.165, 1.54) is 0 Å². The van der Waals surface area contributed by atoms with Crippen molar-refractivity contribution in [3.8, 4) is 0 Å². The van der Waals surface area contributed by atoms with Gasteiger partial charge in [-0.25, -0.2) is 0 Å². The first-order valence-electron chi connectivity index (χ1n) is 8.48. The molecule has 23 heavy (non-hydrogen) atoms. The quantitative estimate of drug-likeness (QED) is 0.830. The minimum atomic E-state index is -0.245. The maximum absolute atomic E-state index is 12.3. The molecule has 1 aliphatic heterocycles. The Labute approximate surface area is 136 Å². The number of aliphatic hydroxyl groups is 1. The maximum atomic E-state index is 12.3. The number of aromatic nitrogens is 1. The first kappa shape index (κ1) is 16.4. The van der Waals surface area contributed by atoms with Gasteiger partial charge in [0.2, 0.25) is 5.91 Å². The largest absolute Gasteiger partial charge is 0.393 e. The molecule has 1 atom stereocenters. The Morgan fingerprint density at radius 3 is 2.96 bits per heavy atom. The molecular weight excluding hydrogens is 294 g/mol. The fourth-order valence-corrected chi connectivity index (χ4v) is 3.19. The number of hydroxylamine groups is 2. The Balaban J connectivity index is 1.54. The highest BCUT2D eigenvalue weighted by Crippen LogP contribution is 2.37. The molecule has 126 valence electrons. The van der Waals surface area contributed by atoms with Crippen molar-refractivity contribution in [3.05, 3.63) is 30.1 Å². The van der Waals surface area contributed by atoms with Gasteiger partial charge < -0.3 is 10.4 Å². The maximum Gasteiger partial charge on any atom is 0.221 e. The van der Waals surface area contributed by atoms with Crippen molar-refractivity contribution in [2.75, 3.05) is 19.7 Å². The molecule has 1 saturated heterocycles. The van der Waals surface area contributed by atoms with Crippen molar-refractivity contribution in [3.63, 3.8) is 0 Å². The minimum Gasteiger partial charge on any atom is -0.393 e. The van der Waals surface area contributed by atoms with Crippen LogP contribution in [0.3, 0.4) is 0 Å². The van der Waals surface area contributed by atoms with Crippen LogP contribution in [-0.2, 0) is 9.63 Å². The number of hydrogen-bond acceptors (Lipinski definition) is 5. The van der Waals surface area contributed by atoms with Gasteiger partial charge in [0.1, 0.15) is 0 Å². The fourth-order valence-electron chi connectivity index (χ4n) is 3.19. The zero-order chi connectivity index (χ0) is 16.1. The highest BCUT2D eigenvalue weighted by atomic mass is 16.7. The van der Waals surface area contributed by atoms with Crippen LogP contribution in [0, 0.1) is 5.92 Å². The highest BCUT2D eigenvalue weighted by molar-refractivity contribution is 5.76. The standard InChI is InChI=1S/C17H25N3O3/c21-14-11-13(12-14)17(15-5-1-2-7-18-15)19-16(22)6-9-20-8-3-4-10-23-20/h1-2,5,7,13-14,17,21H,3-4,6,8-12H2,(H,19,22)/t13?,14?,17-/m0/s1. The Morgan fingerprint density at radius 1 is 1.43 bits per heavy atom. The van der Waals surface area contributed by atoms with Gasteiger partial charge in [0.25, 0.3) is 0 Å². The topological polar surface area (TPSA) is 74.7 Å². The van der Waals surface area contributed by atoms with Gasteiger partial charge in [-0.1, -0.05) is 6.07 Å². The molecule has 0 radical (unpaired) electrons. The number of carbonyl (C=O) groups is 1. The van der Waals surface area contributed by atoms with E-state index in [0.29, 0.717) is 13.0 Å². The number of nitrogens with one attached hydrogen (secondary N) is 1. The molecular formula is C17H25N3O3. The van der Waals surface area contributed by atoms with E-state index in [-0.39, 0.29) is 24.0 Å². The third-order valence-corrected chi connectivity index (χ3v) is 4.61. The van der Waals surface area contributed by atoms with Crippen LogP contribution in [0.1, 0.15) is 43.8 Å². The van der Waals surface area contributed by atoms with Crippen LogP contribution in [0.4, 0.5) is 0 Å². The van der Waals surface area contributed by atoms with Crippen LogP contribution < -0.4 is 5.32 Å². The summed E-state index contributed by atoms with van der Waals surface area (Å²) < 4.78 is 0. The summed E-state index contributed by atoms with van der Waals surface area (Å²) in [4.78, 5) is 22.2. The van der Waals surface area contributed by atoms with Crippen molar-refractivity contribution in [2.24, 2.45) is 5.92 Å². The van der Waals surface area contributed by atoms with E-state index in [4.69, 9.17) is 4.84 Å². The van der Waals surface area contributed by atoms with E-state index in [9.17, 15) is 9.90 Å². The van der Waals surface area contributed by atoms with Crippen molar-refractivity contribution in [1.29, 1.82) is 0 Å². The summed E-state index contributed by atoms with van der Waals surface area (Å²) in [6.45, 7) is 2.26. The lowest BCUT2D eigenvalue weighted by molar-refractivity contribution is -0.181. The van der Waals surface area contributed by atoms with Crippen molar-refractivity contribution in [1.82, 2.24) is 15.4 Å². The molecule has 2 aliphatic rings. The fraction of sp³-hybridized carbons (Fsp3) is 0.647. The van der Waals surface area contributed by atoms with Gasteiger partial charge in [0.15, 0.2) is 0 Å². The summed E-state index contributed by atoms with van der Waals surface area (Å²) in [6, 6.07) is 5.61. The van der Waals surface area contributed by atoms with Crippen LogP contribution in [0.15, 0.2) is 24.4 Å². The van der Waals surface area contributed by atoms with Gasteiger partial charge in [-0.2, -0.15) is 5.06 Å². The molecule has 6 heteroatoms. The average molecular weight is 319 g/mol. The molecule has 0 unspecified atom stereocenters. The van der Waals surface area contributed by atoms with Gasteiger partial charge in [0, 0.05) is 25.7 Å². The van der Waals surface area contributed by atoms with E-state index in [1.807, 2.05) is 23.3 Å². The first-order valence-corrected chi connectivity index (χ1v) is 8.48. The van der Waals surface area contributed by atoms with Gasteiger partial charge in [0.05, 0.1) is 24.4 Å². The number of hydrogen-bond donors (Lipinski definition) is 2. The SMILES string of the molecule is O=C(CCN1CCCCO1)N[C@H](c1ccccn1)C1CC(O)C1. The lowest BCUT2D eigenvalue weighted by Gasteiger charge is -2.37. The molecule has 0 aromatic carbocycles. The first-order chi connectivity index (χ1) is 11.2. The third kappa shape index (κ3) is 4.50. The number of nitrogens with zero attached hydrogens (tertiary/aromatic N) is 2. The Kier molecular flexibility index (Phi) is 5.59. The Morgan fingerprint density at radius 2 is 2.30 bits per heavy atom. The van der Waals surface area contributed by atoms with E-state index in [0.717, 1.165) is 44.5 Å². The second-order valence-corrected chi connectivity index (χ2v) is 6.40. The second kappa shape index (κ2) is 7.86. The van der Waals surface area contributed by atoms with Gasteiger partial charge in [-0.3, -0.25) is 14.6 Å². The Hall–Kier alpha value is -1.50. The number of carbonyl (C=O) groups excluding carboxylic acids is 1. The molecule has 2 heterocycles. The van der Waals surface area contributed by atoms with E-state index < -0.39 is 0 Å². The lowest BCUT2D eigenvalue weighted by atomic mass is 9.76. The van der Waals surface area contributed by atoms with E-state index >= 15 is 0 Å². The molecule has 1 saturated carbocycles. The van der Waals surface area contributed by atoms with Crippen LogP contribution in [0.25, 0.3) is 0 Å². The molecule has 3 rings (SSSR count). The summed E-state index contributed by atoms with van der Waals surface area (Å²) >= 11 is 0. The molecule has 1 aromatic heterocycles. The van der Waals surface area contributed by atoms with Crippen molar-refractivity contribution >= 4 is 5.91 Å². The van der Waals surface area contributed by atoms with Crippen LogP contribution in [-0.4, -0.2) is 46.9 Å². The number of aliphatic hydroxyl groups excluding tert-OH is 1.